The molecule has 0 saturated carbocycles. The summed E-state index contributed by atoms with van der Waals surface area (Å²) in [7, 11) is 0. The van der Waals surface area contributed by atoms with E-state index in [9.17, 15) is 4.79 Å². The van der Waals surface area contributed by atoms with E-state index in [4.69, 9.17) is 23.2 Å². The van der Waals surface area contributed by atoms with Gasteiger partial charge in [-0.25, -0.2) is 0 Å². The van der Waals surface area contributed by atoms with Crippen LogP contribution in [0.4, 0.5) is 5.69 Å². The third-order valence-electron chi connectivity index (χ3n) is 3.00. The van der Waals surface area contributed by atoms with Crippen LogP contribution in [0.1, 0.15) is 6.92 Å². The molecule has 0 N–H and O–H groups in total. The molecule has 2 rings (SSSR count). The average molecular weight is 273 g/mol. The second-order valence-electron chi connectivity index (χ2n) is 4.07. The van der Waals surface area contributed by atoms with Gasteiger partial charge in [-0.05, 0) is 12.1 Å². The maximum absolute atomic E-state index is 11.2. The van der Waals surface area contributed by atoms with E-state index in [1.54, 1.807) is 13.0 Å². The van der Waals surface area contributed by atoms with Crippen LogP contribution in [0.15, 0.2) is 18.2 Å². The summed E-state index contributed by atoms with van der Waals surface area (Å²) in [4.78, 5) is 15.2. The third-order valence-corrected chi connectivity index (χ3v) is 3.81. The fourth-order valence-electron chi connectivity index (χ4n) is 2.00. The van der Waals surface area contributed by atoms with Crippen LogP contribution >= 0.6 is 23.2 Å². The molecular formula is C12H14Cl2N2O. The van der Waals surface area contributed by atoms with E-state index < -0.39 is 0 Å². The van der Waals surface area contributed by atoms with Gasteiger partial charge >= 0.3 is 0 Å². The number of amides is 1. The molecule has 1 aromatic carbocycles. The van der Waals surface area contributed by atoms with Gasteiger partial charge in [-0.15, -0.1) is 0 Å². The molecule has 0 aliphatic carbocycles. The summed E-state index contributed by atoms with van der Waals surface area (Å²) in [6.07, 6.45) is 0. The van der Waals surface area contributed by atoms with Crippen molar-refractivity contribution in [2.45, 2.75) is 6.92 Å². The van der Waals surface area contributed by atoms with Gasteiger partial charge in [0.15, 0.2) is 0 Å². The molecule has 1 amide bonds. The Bertz CT molecular complexity index is 429. The topological polar surface area (TPSA) is 23.6 Å². The second-order valence-corrected chi connectivity index (χ2v) is 4.85. The Hall–Kier alpha value is -0.930. The summed E-state index contributed by atoms with van der Waals surface area (Å²) in [5.74, 6) is 0.127. The zero-order chi connectivity index (χ0) is 12.4. The van der Waals surface area contributed by atoms with Crippen molar-refractivity contribution in [3.63, 3.8) is 0 Å². The normalized spacial score (nSPS) is 16.2. The molecule has 1 saturated heterocycles. The quantitative estimate of drug-likeness (QED) is 0.785. The van der Waals surface area contributed by atoms with Gasteiger partial charge in [0.25, 0.3) is 0 Å². The number of hydrogen-bond donors (Lipinski definition) is 0. The Morgan fingerprint density at radius 2 is 1.82 bits per heavy atom. The van der Waals surface area contributed by atoms with E-state index in [1.165, 1.54) is 0 Å². The zero-order valence-electron chi connectivity index (χ0n) is 9.62. The van der Waals surface area contributed by atoms with Crippen molar-refractivity contribution >= 4 is 34.8 Å². The molecule has 1 aromatic rings. The lowest BCUT2D eigenvalue weighted by atomic mass is 10.2. The molecule has 1 aliphatic heterocycles. The Labute approximate surface area is 111 Å². The van der Waals surface area contributed by atoms with Crippen LogP contribution < -0.4 is 4.90 Å². The number of carbonyl (C=O) groups is 1. The SMILES string of the molecule is CC(=O)N1CCN(c2cccc(Cl)c2Cl)CC1. The molecule has 1 fully saturated rings. The minimum atomic E-state index is 0.127. The van der Waals surface area contributed by atoms with E-state index in [-0.39, 0.29) is 5.91 Å². The van der Waals surface area contributed by atoms with Crippen LogP contribution in [-0.2, 0) is 4.79 Å². The van der Waals surface area contributed by atoms with Crippen LogP contribution in [0.25, 0.3) is 0 Å². The highest BCUT2D eigenvalue weighted by Gasteiger charge is 2.20. The maximum atomic E-state index is 11.2. The van der Waals surface area contributed by atoms with E-state index in [1.807, 2.05) is 17.0 Å². The van der Waals surface area contributed by atoms with Crippen molar-refractivity contribution in [1.29, 1.82) is 0 Å². The first-order chi connectivity index (χ1) is 8.09. The Kier molecular flexibility index (Phi) is 3.79. The van der Waals surface area contributed by atoms with Gasteiger partial charge in [0, 0.05) is 33.1 Å². The lowest BCUT2D eigenvalue weighted by Crippen LogP contribution is -2.48. The van der Waals surface area contributed by atoms with Gasteiger partial charge in [0.2, 0.25) is 5.91 Å². The van der Waals surface area contributed by atoms with Gasteiger partial charge in [0.05, 0.1) is 15.7 Å². The lowest BCUT2D eigenvalue weighted by Gasteiger charge is -2.36. The van der Waals surface area contributed by atoms with Crippen molar-refractivity contribution in [2.75, 3.05) is 31.1 Å². The molecule has 0 aromatic heterocycles. The minimum Gasteiger partial charge on any atom is -0.367 e. The molecule has 0 unspecified atom stereocenters. The first-order valence-electron chi connectivity index (χ1n) is 5.54. The molecule has 0 spiro atoms. The highest BCUT2D eigenvalue weighted by Crippen LogP contribution is 2.32. The lowest BCUT2D eigenvalue weighted by molar-refractivity contribution is -0.129. The number of nitrogens with zero attached hydrogens (tertiary/aromatic N) is 2. The van der Waals surface area contributed by atoms with Crippen molar-refractivity contribution in [3.8, 4) is 0 Å². The van der Waals surface area contributed by atoms with Crippen molar-refractivity contribution < 1.29 is 4.79 Å². The van der Waals surface area contributed by atoms with Crippen LogP contribution in [0, 0.1) is 0 Å². The largest absolute Gasteiger partial charge is 0.367 e. The first kappa shape index (κ1) is 12.5. The molecule has 0 radical (unpaired) electrons. The number of anilines is 1. The Morgan fingerprint density at radius 1 is 1.18 bits per heavy atom. The van der Waals surface area contributed by atoms with Crippen LogP contribution in [0.2, 0.25) is 10.0 Å². The number of hydrogen-bond acceptors (Lipinski definition) is 2. The summed E-state index contributed by atoms with van der Waals surface area (Å²) in [6.45, 7) is 4.65. The molecule has 0 atom stereocenters. The van der Waals surface area contributed by atoms with E-state index in [2.05, 4.69) is 4.90 Å². The van der Waals surface area contributed by atoms with Crippen LogP contribution in [-0.4, -0.2) is 37.0 Å². The smallest absolute Gasteiger partial charge is 0.219 e. The predicted molar refractivity (Wildman–Crippen MR) is 70.9 cm³/mol. The average Bonchev–Trinajstić information content (AvgIpc) is 2.33. The van der Waals surface area contributed by atoms with Crippen molar-refractivity contribution in [1.82, 2.24) is 4.90 Å². The van der Waals surface area contributed by atoms with Gasteiger partial charge in [-0.2, -0.15) is 0 Å². The molecule has 17 heavy (non-hydrogen) atoms. The predicted octanol–water partition coefficient (Wildman–Crippen LogP) is 2.66. The van der Waals surface area contributed by atoms with Crippen LogP contribution in [0.5, 0.6) is 0 Å². The van der Waals surface area contributed by atoms with Crippen molar-refractivity contribution in [2.24, 2.45) is 0 Å². The molecular weight excluding hydrogens is 259 g/mol. The summed E-state index contributed by atoms with van der Waals surface area (Å²) in [5, 5.41) is 1.16. The fourth-order valence-corrected chi connectivity index (χ4v) is 2.41. The number of rotatable bonds is 1. The number of piperazine rings is 1. The van der Waals surface area contributed by atoms with Gasteiger partial charge in [0.1, 0.15) is 0 Å². The summed E-state index contributed by atoms with van der Waals surface area (Å²) in [5.41, 5.74) is 0.947. The van der Waals surface area contributed by atoms with Crippen molar-refractivity contribution in [3.05, 3.63) is 28.2 Å². The van der Waals surface area contributed by atoms with E-state index >= 15 is 0 Å². The van der Waals surface area contributed by atoms with E-state index in [0.717, 1.165) is 31.9 Å². The van der Waals surface area contributed by atoms with Crippen LogP contribution in [0.3, 0.4) is 0 Å². The summed E-state index contributed by atoms with van der Waals surface area (Å²) in [6, 6.07) is 5.62. The Balaban J connectivity index is 2.10. The minimum absolute atomic E-state index is 0.127. The van der Waals surface area contributed by atoms with Gasteiger partial charge < -0.3 is 9.80 Å². The number of carbonyl (C=O) groups excluding carboxylic acids is 1. The maximum Gasteiger partial charge on any atom is 0.219 e. The molecule has 1 heterocycles. The summed E-state index contributed by atoms with van der Waals surface area (Å²) < 4.78 is 0. The summed E-state index contributed by atoms with van der Waals surface area (Å²) >= 11 is 12.2. The molecule has 3 nitrogen and oxygen atoms in total. The monoisotopic (exact) mass is 272 g/mol. The second kappa shape index (κ2) is 5.15. The van der Waals surface area contributed by atoms with E-state index in [0.29, 0.717) is 10.0 Å². The molecule has 5 heteroatoms. The molecule has 1 aliphatic rings. The number of benzene rings is 1. The molecule has 0 bridgehead atoms. The third kappa shape index (κ3) is 2.67. The molecule has 92 valence electrons. The fraction of sp³-hybridized carbons (Fsp3) is 0.417. The number of halogens is 2. The highest BCUT2D eigenvalue weighted by atomic mass is 35.5. The zero-order valence-corrected chi connectivity index (χ0v) is 11.1. The Morgan fingerprint density at radius 3 is 2.41 bits per heavy atom. The van der Waals surface area contributed by atoms with Gasteiger partial charge in [-0.3, -0.25) is 4.79 Å². The standard InChI is InChI=1S/C12H14Cl2N2O/c1-9(17)15-5-7-16(8-6-15)11-4-2-3-10(13)12(11)14/h2-4H,5-8H2,1H3. The first-order valence-corrected chi connectivity index (χ1v) is 6.29. The van der Waals surface area contributed by atoms with Gasteiger partial charge in [-0.1, -0.05) is 29.3 Å². The highest BCUT2D eigenvalue weighted by molar-refractivity contribution is 6.43.